The summed E-state index contributed by atoms with van der Waals surface area (Å²) in [5.74, 6) is -30.7. The number of phenolic OH excluding ortho intramolecular Hbond substituents is 2. The first-order chi connectivity index (χ1) is 70.4. The molecule has 0 aromatic heterocycles. The maximum absolute atomic E-state index is 14.9. The lowest BCUT2D eigenvalue weighted by Gasteiger charge is -2.31. The Kier molecular flexibility index (Phi) is 52.8. The van der Waals surface area contributed by atoms with Gasteiger partial charge in [0.1, 0.15) is 120 Å². The Morgan fingerprint density at radius 1 is 0.387 bits per heavy atom. The van der Waals surface area contributed by atoms with E-state index in [0.717, 1.165) is 46.4 Å². The van der Waals surface area contributed by atoms with Crippen LogP contribution in [0.5, 0.6) is 11.5 Å². The summed E-state index contributed by atoms with van der Waals surface area (Å²) >= 11 is 4.27. The molecule has 59 nitrogen and oxygen atoms in total. The van der Waals surface area contributed by atoms with Crippen molar-refractivity contribution in [3.63, 3.8) is 0 Å². The quantitative estimate of drug-likeness (QED) is 0.0108. The second kappa shape index (κ2) is 62.5. The van der Waals surface area contributed by atoms with Gasteiger partial charge in [-0.1, -0.05) is 54.6 Å². The van der Waals surface area contributed by atoms with E-state index in [4.69, 9.17) is 22.6 Å². The number of hydrogen-bond acceptors (Lipinski definition) is 35. The zero-order valence-electron chi connectivity index (χ0n) is 82.4. The van der Waals surface area contributed by atoms with Crippen LogP contribution in [0.1, 0.15) is 117 Å². The van der Waals surface area contributed by atoms with Gasteiger partial charge in [-0.2, -0.15) is 12.6 Å². The number of likely N-dealkylation sites (tertiary alicyclic amines) is 1. The number of amides is 20. The molecule has 0 unspecified atom stereocenters. The van der Waals surface area contributed by atoms with E-state index in [2.05, 4.69) is 97.7 Å². The summed E-state index contributed by atoms with van der Waals surface area (Å²) in [6, 6.07) is -14.7. The predicted molar refractivity (Wildman–Crippen MR) is 521 cm³/mol. The molecule has 60 heteroatoms. The van der Waals surface area contributed by atoms with E-state index in [1.165, 1.54) is 55.5 Å². The number of thiol groups is 1. The molecule has 20 amide bonds. The van der Waals surface area contributed by atoms with E-state index in [0.29, 0.717) is 11.1 Å². The molecule has 1 saturated heterocycles. The summed E-state index contributed by atoms with van der Waals surface area (Å²) in [5, 5.41) is 173. The highest BCUT2D eigenvalue weighted by atomic mass is 32.1. The van der Waals surface area contributed by atoms with Crippen molar-refractivity contribution >= 4 is 155 Å². The Morgan fingerprint density at radius 3 is 1.21 bits per heavy atom. The average Bonchev–Trinajstić information content (AvgIpc) is 1.75. The molecule has 1 aliphatic rings. The second-order valence-electron chi connectivity index (χ2n) is 35.0. The molecule has 828 valence electrons. The van der Waals surface area contributed by atoms with Crippen molar-refractivity contribution in [3.05, 3.63) is 95.6 Å². The molecular formula is C90H132N24O35S. The predicted octanol–water partition coefficient (Wildman–Crippen LogP) is -15.1. The molecule has 1 heterocycles. The second-order valence-corrected chi connectivity index (χ2v) is 35.4. The van der Waals surface area contributed by atoms with Gasteiger partial charge in [0.2, 0.25) is 118 Å². The lowest BCUT2D eigenvalue weighted by atomic mass is 10.0. The Balaban J connectivity index is 1.51. The average molecular weight is 2140 g/mol. The number of guanidine groups is 1. The molecule has 1 aliphatic heterocycles. The number of phenols is 2. The van der Waals surface area contributed by atoms with E-state index >= 15 is 0 Å². The van der Waals surface area contributed by atoms with E-state index in [-0.39, 0.29) is 68.7 Å². The third kappa shape index (κ3) is 43.0. The van der Waals surface area contributed by atoms with E-state index in [1.54, 1.807) is 30.3 Å². The molecule has 3 aromatic rings. The summed E-state index contributed by atoms with van der Waals surface area (Å²) in [4.78, 5) is 312. The smallest absolute Gasteiger partial charge is 0.326 e. The van der Waals surface area contributed by atoms with Crippen LogP contribution < -0.4 is 118 Å². The number of hydrogen-bond donors (Lipinski definition) is 36. The number of carboxylic acids is 3. The highest BCUT2D eigenvalue weighted by Crippen LogP contribution is 2.22. The number of nitrogens with one attached hydrogen (secondary N) is 20. The van der Waals surface area contributed by atoms with Crippen LogP contribution in [0.2, 0.25) is 0 Å². The van der Waals surface area contributed by atoms with E-state index in [1.807, 2.05) is 16.0 Å². The van der Waals surface area contributed by atoms with Gasteiger partial charge in [-0.05, 0) is 122 Å². The number of nitrogens with zero attached hydrogens (tertiary/aromatic N) is 1. The minimum atomic E-state index is -2.31. The number of primary amides is 1. The van der Waals surface area contributed by atoms with E-state index in [9.17, 15) is 172 Å². The number of carbonyl (C=O) groups excluding carboxylic acids is 20. The maximum atomic E-state index is 14.9. The molecule has 3 aromatic carbocycles. The zero-order valence-corrected chi connectivity index (χ0v) is 83.3. The Bertz CT molecular complexity index is 5240. The molecule has 150 heavy (non-hydrogen) atoms. The van der Waals surface area contributed by atoms with Crippen molar-refractivity contribution in [1.29, 1.82) is 5.41 Å². The van der Waals surface area contributed by atoms with Crippen molar-refractivity contribution in [2.75, 3.05) is 45.1 Å². The van der Waals surface area contributed by atoms with Crippen LogP contribution in [-0.4, -0.2) is 393 Å². The number of aliphatic carboxylic acids is 3. The fraction of sp³-hybridized carbons (Fsp3) is 0.533. The monoisotopic (exact) mass is 2140 g/mol. The zero-order chi connectivity index (χ0) is 113. The SMILES string of the molecule is C[C@H](NC(=O)[C@H](CS)NC(=O)[C@H](Cc1ccccc1)NC(=O)[C@H](Cc1ccc(O)cc1)NC(=O)[C@@H](NC(=O)[C@H](C)NC(=O)[C@@H](NC(=O)[C@H](CC(=O)O)NC(=O)[C@H](CCC(=O)O)NC(=O)[C@@H](NC(=O)[C@@H](NC(=O)[C@@H]1CCCN1C(=O)[C@H](CO)NC(=O)[C@@H](N)[C@@H](C)O)[C@@H](C)O)[C@@H](C)O)[C@@H](C)O)[C@@H](C)O)C(=O)N[C@@H](CCCNC(=N)N)C(=O)NCC(=O)N[C@@H](Cc1ccc(O)cc1)C(=O)NCC(=O)N[C@@H](CO)C(=O)N[C@@H](CC(N)=O)C(=O)O. The number of aliphatic hydroxyl groups excluding tert-OH is 7. The normalized spacial score (nSPS) is 16.5. The molecule has 38 N–H and O–H groups in total. The lowest BCUT2D eigenvalue weighted by Crippen LogP contribution is -2.63. The van der Waals surface area contributed by atoms with Crippen LogP contribution >= 0.6 is 12.6 Å². The van der Waals surface area contributed by atoms with Crippen molar-refractivity contribution in [2.45, 2.75) is 258 Å². The molecule has 4 rings (SSSR count). The standard InChI is InChI=1S/C90H132N24O35S/c1-39(72(131)102-51(15-11-27-95-90(93)94)74(133)96-34-63(125)100-53(30-47-17-21-49(122)22-18-47)75(134)97-35-64(126)101-58(36-115)80(139)107-57(89(148)149)32-62(91)124)98-81(140)60(38-150)109-78(137)54(29-46-13-9-8-10-14-46)104-77(136)55(31-48-19-23-50(123)24-20-48)106-86(145)69(43(5)119)110-73(132)40(2)99-84(143)68(42(4)118)111-79(138)56(33-66(129)130)105-76(135)52(25-26-65(127)128)103-85(144)70(44(6)120)113-87(146)71(45(7)121)112-82(141)61-16-12-28-114(61)88(147)59(37-116)108-83(142)67(92)41(3)117/h8-10,13-14,17-24,39-45,51-61,67-71,115-123,150H,11-12,15-16,25-38,92H2,1-7H3,(H2,91,124)(H,96,133)(H,97,134)(H,98,140)(H,99,143)(H,100,125)(H,101,126)(H,102,131)(H,103,144)(H,104,136)(H,105,135)(H,106,145)(H,107,139)(H,108,142)(H,109,137)(H,110,132)(H,111,138)(H,112,141)(H,113,146)(H,127,128)(H,129,130)(H,148,149)(H4,93,94,95)/t39-,40-,41+,42+,43+,44+,45+,51-,52-,53-,54-,55-,56-,57-,58-,59-,60-,61-,67-,68-,69-,70-,71-/m0/s1. The number of aliphatic hydroxyl groups is 7. The molecule has 0 aliphatic carbocycles. The van der Waals surface area contributed by atoms with Crippen LogP contribution in [0, 0.1) is 5.41 Å². The lowest BCUT2D eigenvalue weighted by molar-refractivity contribution is -0.144. The summed E-state index contributed by atoms with van der Waals surface area (Å²) in [5.41, 5.74) is 17.1. The van der Waals surface area contributed by atoms with Gasteiger partial charge in [0.25, 0.3) is 0 Å². The van der Waals surface area contributed by atoms with Gasteiger partial charge in [-0.3, -0.25) is 111 Å². The van der Waals surface area contributed by atoms with Crippen molar-refractivity contribution in [3.8, 4) is 11.5 Å². The van der Waals surface area contributed by atoms with Gasteiger partial charge < -0.3 is 184 Å². The number of carbonyl (C=O) groups is 23. The Hall–Kier alpha value is -15.6. The summed E-state index contributed by atoms with van der Waals surface area (Å²) in [6.45, 7) is 3.12. The third-order valence-corrected chi connectivity index (χ3v) is 23.0. The van der Waals surface area contributed by atoms with Crippen LogP contribution in [0.15, 0.2) is 78.9 Å². The van der Waals surface area contributed by atoms with Crippen LogP contribution in [-0.2, 0) is 130 Å². The molecule has 0 spiro atoms. The Labute approximate surface area is 861 Å². The highest BCUT2D eigenvalue weighted by molar-refractivity contribution is 7.80. The fourth-order valence-electron chi connectivity index (χ4n) is 14.3. The summed E-state index contributed by atoms with van der Waals surface area (Å²) in [7, 11) is 0. The molecule has 0 saturated carbocycles. The topological polar surface area (TPSA) is 969 Å². The van der Waals surface area contributed by atoms with Crippen LogP contribution in [0.3, 0.4) is 0 Å². The van der Waals surface area contributed by atoms with Gasteiger partial charge in [-0.25, -0.2) is 4.79 Å². The largest absolute Gasteiger partial charge is 0.508 e. The molecule has 0 bridgehead atoms. The minimum absolute atomic E-state index is 0.000112. The first-order valence-corrected chi connectivity index (χ1v) is 47.4. The highest BCUT2D eigenvalue weighted by Gasteiger charge is 2.44. The first kappa shape index (κ1) is 127. The van der Waals surface area contributed by atoms with Gasteiger partial charge in [0.15, 0.2) is 5.96 Å². The number of nitrogens with two attached hydrogens (primary N) is 3. The fourth-order valence-corrected chi connectivity index (χ4v) is 14.5. The third-order valence-electron chi connectivity index (χ3n) is 22.6. The number of rotatable bonds is 63. The summed E-state index contributed by atoms with van der Waals surface area (Å²) < 4.78 is 0. The van der Waals surface area contributed by atoms with Crippen molar-refractivity contribution in [2.24, 2.45) is 17.2 Å². The minimum Gasteiger partial charge on any atom is -0.508 e. The van der Waals surface area contributed by atoms with Crippen LogP contribution in [0.25, 0.3) is 0 Å². The van der Waals surface area contributed by atoms with Crippen molar-refractivity contribution < 1.29 is 172 Å². The number of aromatic hydroxyl groups is 2. The van der Waals surface area contributed by atoms with Gasteiger partial charge >= 0.3 is 17.9 Å². The van der Waals surface area contributed by atoms with Crippen molar-refractivity contribution in [1.82, 2.24) is 106 Å². The molecule has 0 radical (unpaired) electrons. The van der Waals surface area contributed by atoms with E-state index < -0.39 is 345 Å². The first-order valence-electron chi connectivity index (χ1n) is 46.7. The van der Waals surface area contributed by atoms with Gasteiger partial charge in [0, 0.05) is 44.5 Å². The maximum Gasteiger partial charge on any atom is 0.326 e. The Morgan fingerprint density at radius 2 is 0.753 bits per heavy atom. The summed E-state index contributed by atoms with van der Waals surface area (Å²) in [6.07, 6.45) is -14.4. The number of benzene rings is 3. The van der Waals surface area contributed by atoms with Gasteiger partial charge in [-0.15, -0.1) is 0 Å². The number of carboxylic acid groups (broad SMARTS) is 3. The molecular weight excluding hydrogens is 2010 g/mol. The molecule has 1 fully saturated rings. The van der Waals surface area contributed by atoms with Crippen LogP contribution in [0.4, 0.5) is 0 Å². The molecule has 23 atom stereocenters. The van der Waals surface area contributed by atoms with Gasteiger partial charge in [0.05, 0.1) is 69.7 Å².